The van der Waals surface area contributed by atoms with Crippen LogP contribution in [0.4, 0.5) is 0 Å². The number of amides is 1. The predicted octanol–water partition coefficient (Wildman–Crippen LogP) is 6.89. The number of rotatable bonds is 12. The van der Waals surface area contributed by atoms with Gasteiger partial charge in [-0.15, -0.1) is 0 Å². The molecule has 210 valence electrons. The Balaban J connectivity index is 1.45. The average Bonchev–Trinajstić information content (AvgIpc) is 3.04. The third-order valence-electron chi connectivity index (χ3n) is 6.26. The Morgan fingerprint density at radius 1 is 0.643 bits per heavy atom. The fourth-order valence-corrected chi connectivity index (χ4v) is 4.06. The Bertz CT molecular complexity index is 1540. The van der Waals surface area contributed by atoms with E-state index < -0.39 is 5.91 Å². The summed E-state index contributed by atoms with van der Waals surface area (Å²) in [5.41, 5.74) is 6.47. The molecular formula is C35H30N2O5. The summed E-state index contributed by atoms with van der Waals surface area (Å²) < 4.78 is 18.7. The molecule has 7 nitrogen and oxygen atoms in total. The molecule has 0 spiro atoms. The lowest BCUT2D eigenvalue weighted by Gasteiger charge is -2.19. The first kappa shape index (κ1) is 28.0. The molecule has 0 aromatic heterocycles. The molecule has 0 aliphatic rings. The normalized spacial score (nSPS) is 10.8. The van der Waals surface area contributed by atoms with Crippen LogP contribution in [0.2, 0.25) is 0 Å². The molecule has 1 amide bonds. The second kappa shape index (κ2) is 14.2. The van der Waals surface area contributed by atoms with E-state index in [9.17, 15) is 9.90 Å². The van der Waals surface area contributed by atoms with Crippen molar-refractivity contribution in [3.8, 4) is 23.0 Å². The number of hydrazone groups is 1. The van der Waals surface area contributed by atoms with Gasteiger partial charge < -0.3 is 19.3 Å². The van der Waals surface area contributed by atoms with E-state index in [2.05, 4.69) is 10.5 Å². The lowest BCUT2D eigenvalue weighted by molar-refractivity contribution is 0.0953. The van der Waals surface area contributed by atoms with Crippen LogP contribution in [0.1, 0.15) is 32.6 Å². The van der Waals surface area contributed by atoms with E-state index in [1.54, 1.807) is 36.4 Å². The van der Waals surface area contributed by atoms with Crippen molar-refractivity contribution in [3.63, 3.8) is 0 Å². The van der Waals surface area contributed by atoms with Gasteiger partial charge in [-0.25, -0.2) is 5.43 Å². The molecule has 0 saturated heterocycles. The second-order valence-corrected chi connectivity index (χ2v) is 9.42. The maximum atomic E-state index is 13.2. The summed E-state index contributed by atoms with van der Waals surface area (Å²) in [6, 6.07) is 39.0. The van der Waals surface area contributed by atoms with Gasteiger partial charge in [-0.2, -0.15) is 5.10 Å². The first-order valence-corrected chi connectivity index (χ1v) is 13.4. The van der Waals surface area contributed by atoms with E-state index >= 15 is 0 Å². The summed E-state index contributed by atoms with van der Waals surface area (Å²) in [5, 5.41) is 13.6. The zero-order chi connectivity index (χ0) is 29.0. The molecule has 0 aliphatic heterocycles. The van der Waals surface area contributed by atoms with Gasteiger partial charge in [0.15, 0.2) is 11.5 Å². The number of carbonyl (C=O) groups excluding carboxylic acids is 1. The molecule has 5 aromatic carbocycles. The van der Waals surface area contributed by atoms with Crippen LogP contribution in [0.5, 0.6) is 23.0 Å². The van der Waals surface area contributed by atoms with E-state index in [1.807, 2.05) is 91.0 Å². The van der Waals surface area contributed by atoms with E-state index in [1.165, 1.54) is 6.21 Å². The predicted molar refractivity (Wildman–Crippen MR) is 162 cm³/mol. The Labute approximate surface area is 244 Å². The summed E-state index contributed by atoms with van der Waals surface area (Å²) in [6.07, 6.45) is 1.49. The van der Waals surface area contributed by atoms with Gasteiger partial charge in [0.25, 0.3) is 5.91 Å². The van der Waals surface area contributed by atoms with Crippen LogP contribution in [-0.4, -0.2) is 17.2 Å². The highest BCUT2D eigenvalue weighted by Crippen LogP contribution is 2.40. The summed E-state index contributed by atoms with van der Waals surface area (Å²) in [7, 11) is 0. The molecule has 0 saturated carbocycles. The number of phenolic OH excluding ortho intramolecular Hbond substituents is 1. The lowest BCUT2D eigenvalue weighted by atomic mass is 10.1. The monoisotopic (exact) mass is 558 g/mol. The van der Waals surface area contributed by atoms with Gasteiger partial charge in [-0.1, -0.05) is 91.0 Å². The highest BCUT2D eigenvalue weighted by molar-refractivity contribution is 5.96. The molecule has 0 fully saturated rings. The number of benzene rings is 5. The summed E-state index contributed by atoms with van der Waals surface area (Å²) in [6.45, 7) is 0.822. The smallest absolute Gasteiger partial charge is 0.271 e. The topological polar surface area (TPSA) is 89.4 Å². The SMILES string of the molecule is O=C(NN=Cc1ccc(O)cc1)c1cc(OCc2ccccc2)c(OCc2ccccc2)c(OCc2ccccc2)c1. The van der Waals surface area contributed by atoms with Crippen LogP contribution in [0, 0.1) is 0 Å². The van der Waals surface area contributed by atoms with Crippen LogP contribution in [0.3, 0.4) is 0 Å². The van der Waals surface area contributed by atoms with Crippen molar-refractivity contribution < 1.29 is 24.1 Å². The third-order valence-corrected chi connectivity index (χ3v) is 6.26. The van der Waals surface area contributed by atoms with Crippen LogP contribution < -0.4 is 19.6 Å². The number of hydrogen-bond donors (Lipinski definition) is 2. The molecule has 0 heterocycles. The molecule has 0 aliphatic carbocycles. The Morgan fingerprint density at radius 2 is 1.10 bits per heavy atom. The van der Waals surface area contributed by atoms with Gasteiger partial charge in [-0.3, -0.25) is 4.79 Å². The maximum Gasteiger partial charge on any atom is 0.271 e. The number of carbonyl (C=O) groups is 1. The fourth-order valence-electron chi connectivity index (χ4n) is 4.06. The summed E-state index contributed by atoms with van der Waals surface area (Å²) >= 11 is 0. The number of ether oxygens (including phenoxy) is 3. The van der Waals surface area contributed by atoms with Crippen molar-refractivity contribution >= 4 is 12.1 Å². The van der Waals surface area contributed by atoms with E-state index in [0.717, 1.165) is 22.3 Å². The van der Waals surface area contributed by atoms with Gasteiger partial charge in [-0.05, 0) is 58.7 Å². The minimum atomic E-state index is -0.450. The zero-order valence-electron chi connectivity index (χ0n) is 22.9. The molecule has 42 heavy (non-hydrogen) atoms. The maximum absolute atomic E-state index is 13.2. The fraction of sp³-hybridized carbons (Fsp3) is 0.0857. The Hall–Kier alpha value is -5.56. The van der Waals surface area contributed by atoms with E-state index in [0.29, 0.717) is 17.2 Å². The molecule has 5 aromatic rings. The van der Waals surface area contributed by atoms with Crippen molar-refractivity contribution in [2.75, 3.05) is 0 Å². The summed E-state index contributed by atoms with van der Waals surface area (Å²) in [5.74, 6) is 0.835. The first-order valence-electron chi connectivity index (χ1n) is 13.4. The molecular weight excluding hydrogens is 528 g/mol. The van der Waals surface area contributed by atoms with Crippen LogP contribution in [-0.2, 0) is 19.8 Å². The second-order valence-electron chi connectivity index (χ2n) is 9.42. The molecule has 5 rings (SSSR count). The van der Waals surface area contributed by atoms with Crippen molar-refractivity contribution in [3.05, 3.63) is 155 Å². The van der Waals surface area contributed by atoms with Gasteiger partial charge >= 0.3 is 0 Å². The van der Waals surface area contributed by atoms with Crippen LogP contribution in [0.25, 0.3) is 0 Å². The number of aromatic hydroxyl groups is 1. The minimum Gasteiger partial charge on any atom is -0.508 e. The van der Waals surface area contributed by atoms with Crippen molar-refractivity contribution in [1.29, 1.82) is 0 Å². The van der Waals surface area contributed by atoms with E-state index in [-0.39, 0.29) is 31.1 Å². The van der Waals surface area contributed by atoms with Gasteiger partial charge in [0.1, 0.15) is 25.6 Å². The van der Waals surface area contributed by atoms with Gasteiger partial charge in [0, 0.05) is 5.56 Å². The number of nitrogens with zero attached hydrogens (tertiary/aromatic N) is 1. The minimum absolute atomic E-state index is 0.150. The number of phenols is 1. The van der Waals surface area contributed by atoms with Crippen molar-refractivity contribution in [1.82, 2.24) is 5.43 Å². The van der Waals surface area contributed by atoms with Gasteiger partial charge in [0.2, 0.25) is 5.75 Å². The zero-order valence-corrected chi connectivity index (χ0v) is 22.9. The highest BCUT2D eigenvalue weighted by atomic mass is 16.5. The molecule has 7 heteroatoms. The Morgan fingerprint density at radius 3 is 1.57 bits per heavy atom. The van der Waals surface area contributed by atoms with Crippen LogP contribution in [0.15, 0.2) is 132 Å². The lowest BCUT2D eigenvalue weighted by Crippen LogP contribution is -2.18. The molecule has 0 unspecified atom stereocenters. The van der Waals surface area contributed by atoms with Crippen molar-refractivity contribution in [2.45, 2.75) is 19.8 Å². The number of hydrogen-bond acceptors (Lipinski definition) is 6. The Kier molecular flexibility index (Phi) is 9.45. The number of nitrogens with one attached hydrogen (secondary N) is 1. The molecule has 0 radical (unpaired) electrons. The van der Waals surface area contributed by atoms with E-state index in [4.69, 9.17) is 14.2 Å². The quantitative estimate of drug-likeness (QED) is 0.129. The first-order chi connectivity index (χ1) is 20.6. The molecule has 2 N–H and O–H groups in total. The summed E-state index contributed by atoms with van der Waals surface area (Å²) in [4.78, 5) is 13.2. The third kappa shape index (κ3) is 7.99. The van der Waals surface area contributed by atoms with Crippen LogP contribution >= 0.6 is 0 Å². The van der Waals surface area contributed by atoms with Gasteiger partial charge in [0.05, 0.1) is 6.21 Å². The largest absolute Gasteiger partial charge is 0.508 e. The molecule has 0 atom stereocenters. The van der Waals surface area contributed by atoms with Crippen molar-refractivity contribution in [2.24, 2.45) is 5.10 Å². The standard InChI is InChI=1S/C35H30N2O5/c38-31-18-16-26(17-19-31)22-36-37-35(39)30-20-32(40-23-27-10-4-1-5-11-27)34(42-25-29-14-8-3-9-15-29)33(21-30)41-24-28-12-6-2-7-13-28/h1-22,38H,23-25H2,(H,37,39). The highest BCUT2D eigenvalue weighted by Gasteiger charge is 2.20. The molecule has 0 bridgehead atoms. The average molecular weight is 559 g/mol.